The van der Waals surface area contributed by atoms with Crippen LogP contribution < -0.4 is 14.4 Å². The first-order chi connectivity index (χ1) is 22.7. The van der Waals surface area contributed by atoms with Crippen molar-refractivity contribution < 1.29 is 22.7 Å². The van der Waals surface area contributed by atoms with Gasteiger partial charge in [0.25, 0.3) is 10.0 Å². The Morgan fingerprint density at radius 1 is 0.723 bits per heavy atom. The van der Waals surface area contributed by atoms with Gasteiger partial charge in [-0.25, -0.2) is 8.42 Å². The van der Waals surface area contributed by atoms with Crippen molar-refractivity contribution in [2.24, 2.45) is 0 Å². The molecule has 0 saturated heterocycles. The van der Waals surface area contributed by atoms with Gasteiger partial charge in [0.1, 0.15) is 24.1 Å². The molecule has 0 aliphatic carbocycles. The summed E-state index contributed by atoms with van der Waals surface area (Å²) < 4.78 is 35.3. The summed E-state index contributed by atoms with van der Waals surface area (Å²) in [7, 11) is -2.71. The van der Waals surface area contributed by atoms with Crippen LogP contribution in [0.25, 0.3) is 0 Å². The molecule has 5 aromatic carbocycles. The molecule has 2 amide bonds. The summed E-state index contributed by atoms with van der Waals surface area (Å²) in [5.41, 5.74) is 1.83. The number of amides is 2. The van der Waals surface area contributed by atoms with Crippen molar-refractivity contribution in [3.8, 4) is 11.5 Å². The predicted octanol–water partition coefficient (Wildman–Crippen LogP) is 6.71. The van der Waals surface area contributed by atoms with E-state index in [0.29, 0.717) is 16.5 Å². The highest BCUT2D eigenvalue weighted by atomic mass is 35.5. The summed E-state index contributed by atoms with van der Waals surface area (Å²) >= 11 is 6.13. The zero-order valence-corrected chi connectivity index (χ0v) is 27.3. The molecule has 240 valence electrons. The molecule has 0 unspecified atom stereocenters. The number of hydrogen-bond acceptors (Lipinski definition) is 5. The number of halogens is 1. The molecule has 0 spiro atoms. The molecule has 0 heterocycles. The van der Waals surface area contributed by atoms with Gasteiger partial charge >= 0.3 is 0 Å². The SMILES string of the molecule is CNC(=O)[C@H](Cc1ccccc1)N(Cc1ccc(Cl)cc1)C(=O)CN(c1ccc(Oc2ccccc2)cc1)S(=O)(=O)c1ccccc1. The highest BCUT2D eigenvalue weighted by Gasteiger charge is 2.34. The number of ether oxygens (including phenoxy) is 1. The maximum absolute atomic E-state index is 14.4. The van der Waals surface area contributed by atoms with E-state index >= 15 is 0 Å². The van der Waals surface area contributed by atoms with Crippen molar-refractivity contribution in [1.29, 1.82) is 0 Å². The third-order valence-electron chi connectivity index (χ3n) is 7.50. The molecule has 10 heteroatoms. The highest BCUT2D eigenvalue weighted by Crippen LogP contribution is 2.29. The van der Waals surface area contributed by atoms with Gasteiger partial charge in [0, 0.05) is 25.0 Å². The Morgan fingerprint density at radius 3 is 1.87 bits per heavy atom. The molecule has 0 aliphatic heterocycles. The van der Waals surface area contributed by atoms with Gasteiger partial charge in [0.2, 0.25) is 11.8 Å². The quantitative estimate of drug-likeness (QED) is 0.151. The van der Waals surface area contributed by atoms with E-state index in [2.05, 4.69) is 5.32 Å². The van der Waals surface area contributed by atoms with Gasteiger partial charge in [0.15, 0.2) is 0 Å². The van der Waals surface area contributed by atoms with Crippen LogP contribution in [0.2, 0.25) is 5.02 Å². The van der Waals surface area contributed by atoms with E-state index in [1.807, 2.05) is 60.7 Å². The predicted molar refractivity (Wildman–Crippen MR) is 184 cm³/mol. The van der Waals surface area contributed by atoms with Crippen LogP contribution in [0.15, 0.2) is 144 Å². The Hall–Kier alpha value is -5.12. The molecule has 5 aromatic rings. The molecule has 1 N–H and O–H groups in total. The maximum atomic E-state index is 14.4. The fourth-order valence-electron chi connectivity index (χ4n) is 5.06. The van der Waals surface area contributed by atoms with Crippen molar-refractivity contribution in [2.45, 2.75) is 23.9 Å². The second kappa shape index (κ2) is 15.4. The molecule has 0 radical (unpaired) electrons. The van der Waals surface area contributed by atoms with Crippen molar-refractivity contribution in [1.82, 2.24) is 10.2 Å². The number of nitrogens with one attached hydrogen (secondary N) is 1. The maximum Gasteiger partial charge on any atom is 0.264 e. The molecule has 0 aromatic heterocycles. The average molecular weight is 668 g/mol. The summed E-state index contributed by atoms with van der Waals surface area (Å²) in [6.07, 6.45) is 0.219. The van der Waals surface area contributed by atoms with E-state index in [9.17, 15) is 18.0 Å². The third-order valence-corrected chi connectivity index (χ3v) is 9.54. The van der Waals surface area contributed by atoms with Gasteiger partial charge in [-0.05, 0) is 71.8 Å². The van der Waals surface area contributed by atoms with Crippen LogP contribution in [0.4, 0.5) is 5.69 Å². The van der Waals surface area contributed by atoms with Gasteiger partial charge in [-0.15, -0.1) is 0 Å². The first-order valence-corrected chi connectivity index (χ1v) is 16.8. The number of hydrogen-bond donors (Lipinski definition) is 1. The van der Waals surface area contributed by atoms with E-state index in [4.69, 9.17) is 16.3 Å². The largest absolute Gasteiger partial charge is 0.457 e. The number of likely N-dealkylation sites (N-methyl/N-ethyl adjacent to an activating group) is 1. The minimum Gasteiger partial charge on any atom is -0.457 e. The zero-order chi connectivity index (χ0) is 33.2. The number of carbonyl (C=O) groups is 2. The second-order valence-corrected chi connectivity index (χ2v) is 13.0. The minimum absolute atomic E-state index is 0.0220. The molecule has 0 saturated carbocycles. The number of sulfonamides is 1. The lowest BCUT2D eigenvalue weighted by Crippen LogP contribution is -2.53. The fourth-order valence-corrected chi connectivity index (χ4v) is 6.62. The van der Waals surface area contributed by atoms with Gasteiger partial charge < -0.3 is 15.0 Å². The Balaban J connectivity index is 1.53. The van der Waals surface area contributed by atoms with Crippen LogP contribution in [-0.2, 0) is 32.6 Å². The smallest absolute Gasteiger partial charge is 0.264 e. The van der Waals surface area contributed by atoms with E-state index in [1.54, 1.807) is 66.7 Å². The van der Waals surface area contributed by atoms with E-state index in [0.717, 1.165) is 15.4 Å². The standard InChI is InChI=1S/C37H34ClN3O5S/c1-39-37(43)35(25-28-11-5-2-6-12-28)40(26-29-17-19-30(38)20-18-29)36(42)27-41(47(44,45)34-15-9-4-10-16-34)31-21-23-33(24-22-31)46-32-13-7-3-8-14-32/h2-24,35H,25-27H2,1H3,(H,39,43)/t35-/m0/s1. The molecule has 5 rings (SSSR count). The van der Waals surface area contributed by atoms with E-state index < -0.39 is 28.5 Å². The van der Waals surface area contributed by atoms with Crippen LogP contribution in [-0.4, -0.2) is 44.8 Å². The van der Waals surface area contributed by atoms with Gasteiger partial charge in [0.05, 0.1) is 10.6 Å². The summed E-state index contributed by atoms with van der Waals surface area (Å²) in [5, 5.41) is 3.21. The van der Waals surface area contributed by atoms with Crippen molar-refractivity contribution in [3.05, 3.63) is 156 Å². The monoisotopic (exact) mass is 667 g/mol. The lowest BCUT2D eigenvalue weighted by Gasteiger charge is -2.33. The normalized spacial score (nSPS) is 11.7. The van der Waals surface area contributed by atoms with Crippen LogP contribution in [0, 0.1) is 0 Å². The second-order valence-electron chi connectivity index (χ2n) is 10.7. The van der Waals surface area contributed by atoms with Crippen LogP contribution >= 0.6 is 11.6 Å². The summed E-state index contributed by atoms with van der Waals surface area (Å²) in [4.78, 5) is 29.3. The zero-order valence-electron chi connectivity index (χ0n) is 25.7. The Kier molecular flexibility index (Phi) is 10.9. The average Bonchev–Trinajstić information content (AvgIpc) is 3.10. The number of benzene rings is 5. The molecule has 8 nitrogen and oxygen atoms in total. The van der Waals surface area contributed by atoms with Crippen molar-refractivity contribution in [3.63, 3.8) is 0 Å². The third kappa shape index (κ3) is 8.58. The van der Waals surface area contributed by atoms with Gasteiger partial charge in [-0.3, -0.25) is 13.9 Å². The molecule has 0 aliphatic rings. The molecular formula is C37H34ClN3O5S. The lowest BCUT2D eigenvalue weighted by atomic mass is 10.0. The number of nitrogens with zero attached hydrogens (tertiary/aromatic N) is 2. The van der Waals surface area contributed by atoms with Gasteiger partial charge in [-0.2, -0.15) is 0 Å². The van der Waals surface area contributed by atoms with Crippen LogP contribution in [0.1, 0.15) is 11.1 Å². The highest BCUT2D eigenvalue weighted by molar-refractivity contribution is 7.92. The number of carbonyl (C=O) groups excluding carboxylic acids is 2. The Morgan fingerprint density at radius 2 is 1.28 bits per heavy atom. The van der Waals surface area contributed by atoms with Crippen molar-refractivity contribution in [2.75, 3.05) is 17.9 Å². The Bertz CT molecular complexity index is 1870. The molecule has 0 bridgehead atoms. The van der Waals surface area contributed by atoms with Crippen molar-refractivity contribution >= 4 is 39.1 Å². The lowest BCUT2D eigenvalue weighted by molar-refractivity contribution is -0.139. The molecular weight excluding hydrogens is 634 g/mol. The molecule has 1 atom stereocenters. The van der Waals surface area contributed by atoms with Crippen LogP contribution in [0.3, 0.4) is 0 Å². The number of rotatable bonds is 13. The first-order valence-electron chi connectivity index (χ1n) is 14.9. The van der Waals surface area contributed by atoms with Gasteiger partial charge in [-0.1, -0.05) is 90.5 Å². The number of para-hydroxylation sites is 1. The topological polar surface area (TPSA) is 96.0 Å². The summed E-state index contributed by atoms with van der Waals surface area (Å²) in [5.74, 6) is 0.181. The van der Waals surface area contributed by atoms with E-state index in [-0.39, 0.29) is 29.5 Å². The molecule has 47 heavy (non-hydrogen) atoms. The first kappa shape index (κ1) is 33.2. The minimum atomic E-state index is -4.22. The van der Waals surface area contributed by atoms with Crippen LogP contribution in [0.5, 0.6) is 11.5 Å². The molecule has 0 fully saturated rings. The number of anilines is 1. The van der Waals surface area contributed by atoms with E-state index in [1.165, 1.54) is 24.1 Å². The Labute approximate surface area is 280 Å². The fraction of sp³-hybridized carbons (Fsp3) is 0.135. The summed E-state index contributed by atoms with van der Waals surface area (Å²) in [6.45, 7) is -0.518. The summed E-state index contributed by atoms with van der Waals surface area (Å²) in [6, 6.07) is 39.0.